The maximum absolute atomic E-state index is 12.1. The summed E-state index contributed by atoms with van der Waals surface area (Å²) in [5.41, 5.74) is 9.57. The number of hydrogen-bond acceptors (Lipinski definition) is 6. The van der Waals surface area contributed by atoms with Gasteiger partial charge < -0.3 is 11.1 Å². The van der Waals surface area contributed by atoms with E-state index in [4.69, 9.17) is 5.73 Å². The summed E-state index contributed by atoms with van der Waals surface area (Å²) in [7, 11) is -0.476. The van der Waals surface area contributed by atoms with Crippen LogP contribution in [0.2, 0.25) is 0 Å². The summed E-state index contributed by atoms with van der Waals surface area (Å²) in [6.45, 7) is 0.499. The summed E-state index contributed by atoms with van der Waals surface area (Å²) >= 11 is 1.51. The molecular formula is C12H16N4O2S2. The average Bonchev–Trinajstić information content (AvgIpc) is 2.90. The molecule has 0 amide bonds. The predicted octanol–water partition coefficient (Wildman–Crippen LogP) is 1.59. The van der Waals surface area contributed by atoms with E-state index in [9.17, 15) is 8.42 Å². The number of sulfonamides is 1. The van der Waals surface area contributed by atoms with Crippen molar-refractivity contribution in [2.75, 3.05) is 25.1 Å². The van der Waals surface area contributed by atoms with Gasteiger partial charge in [0.15, 0.2) is 0 Å². The molecule has 3 N–H and O–H groups in total. The number of benzene rings is 1. The Hall–Kier alpha value is -1.64. The molecule has 2 aromatic rings. The Morgan fingerprint density at radius 3 is 2.75 bits per heavy atom. The Morgan fingerprint density at radius 1 is 1.40 bits per heavy atom. The molecule has 0 aliphatic carbocycles. The van der Waals surface area contributed by atoms with Crippen molar-refractivity contribution in [1.82, 2.24) is 9.29 Å². The van der Waals surface area contributed by atoms with E-state index in [0.29, 0.717) is 17.9 Å². The van der Waals surface area contributed by atoms with Crippen LogP contribution in [-0.4, -0.2) is 31.8 Å². The highest BCUT2D eigenvalue weighted by Gasteiger charge is 2.18. The number of hydrogen-bond donors (Lipinski definition) is 2. The molecule has 0 saturated heterocycles. The lowest BCUT2D eigenvalue weighted by atomic mass is 10.2. The molecule has 2 rings (SSSR count). The molecular weight excluding hydrogens is 296 g/mol. The van der Waals surface area contributed by atoms with Crippen LogP contribution in [0, 0.1) is 0 Å². The molecule has 6 nitrogen and oxygen atoms in total. The molecule has 0 radical (unpaired) electrons. The lowest BCUT2D eigenvalue weighted by Gasteiger charge is -2.14. The molecule has 0 aliphatic rings. The van der Waals surface area contributed by atoms with E-state index in [1.165, 1.54) is 41.9 Å². The summed E-state index contributed by atoms with van der Waals surface area (Å²) in [4.78, 5) is 4.36. The first-order valence-electron chi connectivity index (χ1n) is 5.84. The zero-order chi connectivity index (χ0) is 14.8. The molecule has 20 heavy (non-hydrogen) atoms. The Labute approximate surface area is 122 Å². The quantitative estimate of drug-likeness (QED) is 0.819. The first-order valence-corrected chi connectivity index (χ1v) is 8.22. The van der Waals surface area contributed by atoms with Crippen LogP contribution < -0.4 is 11.1 Å². The van der Waals surface area contributed by atoms with Crippen molar-refractivity contribution in [3.8, 4) is 0 Å². The van der Waals surface area contributed by atoms with E-state index in [1.54, 1.807) is 11.6 Å². The largest absolute Gasteiger partial charge is 0.397 e. The molecule has 0 bridgehead atoms. The van der Waals surface area contributed by atoms with Gasteiger partial charge in [0.2, 0.25) is 10.0 Å². The standard InChI is InChI=1S/C12H16N4O2S2/c1-16(2)20(17,18)10-3-4-11(13)12(5-10)14-6-9-7-19-8-15-9/h3-5,7-8,14H,6,13H2,1-2H3. The van der Waals surface area contributed by atoms with Gasteiger partial charge in [0.1, 0.15) is 0 Å². The number of thiazole rings is 1. The number of nitrogens with zero attached hydrogens (tertiary/aromatic N) is 2. The molecule has 0 atom stereocenters. The fourth-order valence-corrected chi connectivity index (χ4v) is 3.06. The highest BCUT2D eigenvalue weighted by Crippen LogP contribution is 2.24. The minimum atomic E-state index is -3.46. The van der Waals surface area contributed by atoms with Crippen molar-refractivity contribution < 1.29 is 8.42 Å². The number of nitrogens with two attached hydrogens (primary N) is 1. The summed E-state index contributed by atoms with van der Waals surface area (Å²) in [6.07, 6.45) is 0. The van der Waals surface area contributed by atoms with Gasteiger partial charge in [0.05, 0.1) is 34.0 Å². The van der Waals surface area contributed by atoms with Gasteiger partial charge >= 0.3 is 0 Å². The Balaban J connectivity index is 2.25. The molecule has 0 aliphatic heterocycles. The second-order valence-corrected chi connectivity index (χ2v) is 7.24. The maximum Gasteiger partial charge on any atom is 0.242 e. The van der Waals surface area contributed by atoms with Gasteiger partial charge in [-0.25, -0.2) is 17.7 Å². The molecule has 0 unspecified atom stereocenters. The number of rotatable bonds is 5. The minimum absolute atomic E-state index is 0.206. The SMILES string of the molecule is CN(C)S(=O)(=O)c1ccc(N)c(NCc2cscn2)c1. The fraction of sp³-hybridized carbons (Fsp3) is 0.250. The number of nitrogens with one attached hydrogen (secondary N) is 1. The second kappa shape index (κ2) is 5.78. The van der Waals surface area contributed by atoms with Crippen LogP contribution in [0.4, 0.5) is 11.4 Å². The molecule has 1 aromatic heterocycles. The van der Waals surface area contributed by atoms with Crippen LogP contribution in [0.5, 0.6) is 0 Å². The van der Waals surface area contributed by atoms with Gasteiger partial charge in [-0.1, -0.05) is 0 Å². The Morgan fingerprint density at radius 2 is 2.15 bits per heavy atom. The van der Waals surface area contributed by atoms with Crippen LogP contribution in [0.25, 0.3) is 0 Å². The van der Waals surface area contributed by atoms with Crippen molar-refractivity contribution >= 4 is 32.7 Å². The highest BCUT2D eigenvalue weighted by molar-refractivity contribution is 7.89. The van der Waals surface area contributed by atoms with E-state index >= 15 is 0 Å². The Kier molecular flexibility index (Phi) is 4.26. The number of aromatic nitrogens is 1. The normalized spacial score (nSPS) is 11.8. The summed E-state index contributed by atoms with van der Waals surface area (Å²) in [5.74, 6) is 0. The summed E-state index contributed by atoms with van der Waals surface area (Å²) in [5, 5.41) is 5.02. The van der Waals surface area contributed by atoms with Gasteiger partial charge in [0, 0.05) is 19.5 Å². The smallest absolute Gasteiger partial charge is 0.242 e. The topological polar surface area (TPSA) is 88.3 Å². The van der Waals surface area contributed by atoms with E-state index in [1.807, 2.05) is 5.38 Å². The molecule has 0 spiro atoms. The molecule has 0 fully saturated rings. The van der Waals surface area contributed by atoms with Gasteiger partial charge in [-0.15, -0.1) is 11.3 Å². The molecule has 1 aromatic carbocycles. The van der Waals surface area contributed by atoms with Gasteiger partial charge in [-0.2, -0.15) is 0 Å². The lowest BCUT2D eigenvalue weighted by Crippen LogP contribution is -2.22. The van der Waals surface area contributed by atoms with Crippen molar-refractivity contribution in [2.45, 2.75) is 11.4 Å². The van der Waals surface area contributed by atoms with Gasteiger partial charge in [-0.3, -0.25) is 0 Å². The summed E-state index contributed by atoms with van der Waals surface area (Å²) in [6, 6.07) is 4.62. The van der Waals surface area contributed by atoms with Crippen molar-refractivity contribution in [1.29, 1.82) is 0 Å². The zero-order valence-corrected chi connectivity index (χ0v) is 12.8. The third kappa shape index (κ3) is 3.09. The van der Waals surface area contributed by atoms with Crippen molar-refractivity contribution in [2.24, 2.45) is 0 Å². The molecule has 1 heterocycles. The van der Waals surface area contributed by atoms with E-state index in [-0.39, 0.29) is 4.90 Å². The van der Waals surface area contributed by atoms with Crippen molar-refractivity contribution in [3.05, 3.63) is 34.8 Å². The van der Waals surface area contributed by atoms with Crippen LogP contribution >= 0.6 is 11.3 Å². The summed E-state index contributed by atoms with van der Waals surface area (Å²) < 4.78 is 25.3. The second-order valence-electron chi connectivity index (χ2n) is 4.37. The molecule has 8 heteroatoms. The lowest BCUT2D eigenvalue weighted by molar-refractivity contribution is 0.521. The van der Waals surface area contributed by atoms with E-state index < -0.39 is 10.0 Å². The highest BCUT2D eigenvalue weighted by atomic mass is 32.2. The number of nitrogen functional groups attached to an aromatic ring is 1. The van der Waals surface area contributed by atoms with E-state index in [0.717, 1.165) is 5.69 Å². The van der Waals surface area contributed by atoms with E-state index in [2.05, 4.69) is 10.3 Å². The van der Waals surface area contributed by atoms with Crippen LogP contribution in [0.15, 0.2) is 34.0 Å². The van der Waals surface area contributed by atoms with Gasteiger partial charge in [0.25, 0.3) is 0 Å². The monoisotopic (exact) mass is 312 g/mol. The molecule has 0 saturated carbocycles. The third-order valence-electron chi connectivity index (χ3n) is 2.75. The first kappa shape index (κ1) is 14.8. The Bertz CT molecular complexity index is 681. The van der Waals surface area contributed by atoms with Crippen LogP contribution in [0.3, 0.4) is 0 Å². The third-order valence-corrected chi connectivity index (χ3v) is 5.19. The number of anilines is 2. The molecule has 108 valence electrons. The zero-order valence-electron chi connectivity index (χ0n) is 11.2. The first-order chi connectivity index (χ1) is 9.41. The van der Waals surface area contributed by atoms with Crippen LogP contribution in [0.1, 0.15) is 5.69 Å². The average molecular weight is 312 g/mol. The van der Waals surface area contributed by atoms with Crippen molar-refractivity contribution in [3.63, 3.8) is 0 Å². The predicted molar refractivity (Wildman–Crippen MR) is 81.2 cm³/mol. The minimum Gasteiger partial charge on any atom is -0.397 e. The van der Waals surface area contributed by atoms with Gasteiger partial charge in [-0.05, 0) is 18.2 Å². The maximum atomic E-state index is 12.1. The van der Waals surface area contributed by atoms with Crippen LogP contribution in [-0.2, 0) is 16.6 Å². The fourth-order valence-electron chi connectivity index (χ4n) is 1.57.